The summed E-state index contributed by atoms with van der Waals surface area (Å²) in [7, 11) is 3.29. The van der Waals surface area contributed by atoms with Crippen molar-refractivity contribution in [2.24, 2.45) is 0 Å². The van der Waals surface area contributed by atoms with Gasteiger partial charge in [0.25, 0.3) is 0 Å². The first-order chi connectivity index (χ1) is 13.0. The maximum absolute atomic E-state index is 11.5. The fourth-order valence-electron chi connectivity index (χ4n) is 3.44. The minimum atomic E-state index is 0.149. The monoisotopic (exact) mass is 372 g/mol. The van der Waals surface area contributed by atoms with Gasteiger partial charge in [-0.15, -0.1) is 0 Å². The number of methoxy groups -OCH3 is 2. The fraction of sp³-hybridized carbons (Fsp3) is 0.500. The second-order valence-corrected chi connectivity index (χ2v) is 7.16. The molecule has 3 rings (SSSR count). The molecular formula is C20H28N4O3. The Hall–Kier alpha value is -2.54. The zero-order valence-corrected chi connectivity index (χ0v) is 16.4. The van der Waals surface area contributed by atoms with Gasteiger partial charge in [0.05, 0.1) is 26.1 Å². The SMILES string of the molecule is COc1ccc(-c2[nH]ncc2CN(C[C@@H]2CCC(=O)N2)C(C)C)c(OC)c1. The van der Waals surface area contributed by atoms with Crippen molar-refractivity contribution in [2.75, 3.05) is 20.8 Å². The molecule has 1 atom stereocenters. The van der Waals surface area contributed by atoms with Gasteiger partial charge in [0.2, 0.25) is 5.91 Å². The molecule has 7 heteroatoms. The minimum Gasteiger partial charge on any atom is -0.497 e. The molecule has 1 saturated heterocycles. The van der Waals surface area contributed by atoms with Gasteiger partial charge in [-0.3, -0.25) is 14.8 Å². The minimum absolute atomic E-state index is 0.149. The normalized spacial score (nSPS) is 16.8. The molecule has 1 aliphatic heterocycles. The molecule has 0 unspecified atom stereocenters. The predicted molar refractivity (Wildman–Crippen MR) is 104 cm³/mol. The number of aromatic nitrogens is 2. The predicted octanol–water partition coefficient (Wildman–Crippen LogP) is 2.58. The van der Waals surface area contributed by atoms with Crippen molar-refractivity contribution in [1.29, 1.82) is 0 Å². The molecule has 2 heterocycles. The number of rotatable bonds is 8. The summed E-state index contributed by atoms with van der Waals surface area (Å²) in [6.45, 7) is 5.91. The maximum atomic E-state index is 11.5. The summed E-state index contributed by atoms with van der Waals surface area (Å²) in [6, 6.07) is 6.32. The van der Waals surface area contributed by atoms with Crippen molar-refractivity contribution >= 4 is 5.91 Å². The van der Waals surface area contributed by atoms with Gasteiger partial charge in [-0.2, -0.15) is 5.10 Å². The van der Waals surface area contributed by atoms with E-state index in [0.29, 0.717) is 12.5 Å². The van der Waals surface area contributed by atoms with E-state index >= 15 is 0 Å². The Morgan fingerprint density at radius 1 is 1.30 bits per heavy atom. The Kier molecular flexibility index (Phi) is 6.01. The zero-order chi connectivity index (χ0) is 19.4. The number of amides is 1. The molecule has 1 aromatic carbocycles. The van der Waals surface area contributed by atoms with Gasteiger partial charge in [-0.25, -0.2) is 0 Å². The summed E-state index contributed by atoms with van der Waals surface area (Å²) in [5, 5.41) is 10.4. The third kappa shape index (κ3) is 4.42. The molecule has 1 fully saturated rings. The molecule has 1 aromatic heterocycles. The molecule has 0 bridgehead atoms. The number of nitrogens with one attached hydrogen (secondary N) is 2. The van der Waals surface area contributed by atoms with E-state index in [4.69, 9.17) is 9.47 Å². The average molecular weight is 372 g/mol. The molecule has 0 radical (unpaired) electrons. The molecule has 2 N–H and O–H groups in total. The average Bonchev–Trinajstić information content (AvgIpc) is 3.29. The van der Waals surface area contributed by atoms with Crippen LogP contribution in [0, 0.1) is 0 Å². The van der Waals surface area contributed by atoms with Crippen molar-refractivity contribution in [3.05, 3.63) is 30.0 Å². The second-order valence-electron chi connectivity index (χ2n) is 7.16. The molecule has 146 valence electrons. The van der Waals surface area contributed by atoms with Crippen molar-refractivity contribution in [3.63, 3.8) is 0 Å². The molecule has 0 saturated carbocycles. The first-order valence-corrected chi connectivity index (χ1v) is 9.30. The lowest BCUT2D eigenvalue weighted by Crippen LogP contribution is -2.41. The van der Waals surface area contributed by atoms with E-state index < -0.39 is 0 Å². The molecule has 1 aliphatic rings. The summed E-state index contributed by atoms with van der Waals surface area (Å²) >= 11 is 0. The lowest BCUT2D eigenvalue weighted by molar-refractivity contribution is -0.119. The third-order valence-corrected chi connectivity index (χ3v) is 5.04. The van der Waals surface area contributed by atoms with Crippen LogP contribution in [0.25, 0.3) is 11.3 Å². The van der Waals surface area contributed by atoms with E-state index in [1.54, 1.807) is 14.2 Å². The molecule has 1 amide bonds. The van der Waals surface area contributed by atoms with Crippen LogP contribution in [0.3, 0.4) is 0 Å². The molecule has 0 aliphatic carbocycles. The number of ether oxygens (including phenoxy) is 2. The molecule has 2 aromatic rings. The first-order valence-electron chi connectivity index (χ1n) is 9.30. The van der Waals surface area contributed by atoms with Gasteiger partial charge in [-0.1, -0.05) is 0 Å². The van der Waals surface area contributed by atoms with Gasteiger partial charge in [0, 0.05) is 48.8 Å². The van der Waals surface area contributed by atoms with E-state index in [0.717, 1.165) is 47.8 Å². The van der Waals surface area contributed by atoms with Crippen LogP contribution in [0.5, 0.6) is 11.5 Å². The number of aromatic amines is 1. The molecule has 27 heavy (non-hydrogen) atoms. The topological polar surface area (TPSA) is 79.5 Å². The highest BCUT2D eigenvalue weighted by atomic mass is 16.5. The van der Waals surface area contributed by atoms with Crippen molar-refractivity contribution in [1.82, 2.24) is 20.4 Å². The highest BCUT2D eigenvalue weighted by Gasteiger charge is 2.25. The van der Waals surface area contributed by atoms with Gasteiger partial charge in [0.15, 0.2) is 0 Å². The number of hydrogen-bond acceptors (Lipinski definition) is 5. The Labute approximate surface area is 160 Å². The third-order valence-electron chi connectivity index (χ3n) is 5.04. The Morgan fingerprint density at radius 3 is 2.74 bits per heavy atom. The zero-order valence-electron chi connectivity index (χ0n) is 16.4. The number of hydrogen-bond donors (Lipinski definition) is 2. The van der Waals surface area contributed by atoms with Gasteiger partial charge in [0.1, 0.15) is 11.5 Å². The lowest BCUT2D eigenvalue weighted by Gasteiger charge is -2.29. The molecule has 7 nitrogen and oxygen atoms in total. The van der Waals surface area contributed by atoms with E-state index in [9.17, 15) is 4.79 Å². The van der Waals surface area contributed by atoms with E-state index in [1.165, 1.54) is 0 Å². The largest absolute Gasteiger partial charge is 0.497 e. The van der Waals surface area contributed by atoms with Crippen LogP contribution in [-0.2, 0) is 11.3 Å². The van der Waals surface area contributed by atoms with Gasteiger partial charge < -0.3 is 14.8 Å². The van der Waals surface area contributed by atoms with Gasteiger partial charge >= 0.3 is 0 Å². The van der Waals surface area contributed by atoms with Crippen LogP contribution in [0.15, 0.2) is 24.4 Å². The summed E-state index contributed by atoms with van der Waals surface area (Å²) < 4.78 is 10.8. The maximum Gasteiger partial charge on any atom is 0.220 e. The summed E-state index contributed by atoms with van der Waals surface area (Å²) in [5.74, 6) is 1.63. The van der Waals surface area contributed by atoms with E-state index in [2.05, 4.69) is 34.3 Å². The second kappa shape index (κ2) is 8.43. The lowest BCUT2D eigenvalue weighted by atomic mass is 10.1. The summed E-state index contributed by atoms with van der Waals surface area (Å²) in [6.07, 6.45) is 3.38. The summed E-state index contributed by atoms with van der Waals surface area (Å²) in [4.78, 5) is 13.9. The fourth-order valence-corrected chi connectivity index (χ4v) is 3.44. The quantitative estimate of drug-likeness (QED) is 0.745. The van der Waals surface area contributed by atoms with Crippen molar-refractivity contribution in [2.45, 2.75) is 45.3 Å². The van der Waals surface area contributed by atoms with Crippen LogP contribution < -0.4 is 14.8 Å². The highest BCUT2D eigenvalue weighted by molar-refractivity contribution is 5.78. The van der Waals surface area contributed by atoms with Crippen LogP contribution >= 0.6 is 0 Å². The smallest absolute Gasteiger partial charge is 0.220 e. The number of nitrogens with zero attached hydrogens (tertiary/aromatic N) is 2. The number of carbonyl (C=O) groups is 1. The van der Waals surface area contributed by atoms with Crippen molar-refractivity contribution in [3.8, 4) is 22.8 Å². The molecular weight excluding hydrogens is 344 g/mol. The summed E-state index contributed by atoms with van der Waals surface area (Å²) in [5.41, 5.74) is 2.98. The van der Waals surface area contributed by atoms with Crippen LogP contribution in [-0.4, -0.2) is 53.9 Å². The Balaban J connectivity index is 1.82. The van der Waals surface area contributed by atoms with E-state index in [1.807, 2.05) is 24.4 Å². The van der Waals surface area contributed by atoms with Crippen LogP contribution in [0.2, 0.25) is 0 Å². The highest BCUT2D eigenvalue weighted by Crippen LogP contribution is 2.34. The first kappa shape index (κ1) is 19.2. The number of H-pyrrole nitrogens is 1. The Bertz CT molecular complexity index is 787. The van der Waals surface area contributed by atoms with Gasteiger partial charge in [-0.05, 0) is 32.4 Å². The van der Waals surface area contributed by atoms with Crippen LogP contribution in [0.4, 0.5) is 0 Å². The van der Waals surface area contributed by atoms with Crippen LogP contribution in [0.1, 0.15) is 32.3 Å². The Morgan fingerprint density at radius 2 is 2.11 bits per heavy atom. The number of carbonyl (C=O) groups excluding carboxylic acids is 1. The molecule has 0 spiro atoms. The van der Waals surface area contributed by atoms with Crippen molar-refractivity contribution < 1.29 is 14.3 Å². The number of benzene rings is 1. The standard InChI is InChI=1S/C20H28N4O3/c1-13(2)24(12-15-5-8-19(25)22-15)11-14-10-21-23-20(14)17-7-6-16(26-3)9-18(17)27-4/h6-7,9-10,13,15H,5,8,11-12H2,1-4H3,(H,21,23)(H,22,25)/t15-/m0/s1. The van der Waals surface area contributed by atoms with E-state index in [-0.39, 0.29) is 11.9 Å².